The van der Waals surface area contributed by atoms with Gasteiger partial charge in [0.05, 0.1) is 18.3 Å². The van der Waals surface area contributed by atoms with E-state index in [2.05, 4.69) is 39.2 Å². The first-order valence-electron chi connectivity index (χ1n) is 12.7. The van der Waals surface area contributed by atoms with E-state index < -0.39 is 0 Å². The van der Waals surface area contributed by atoms with Gasteiger partial charge in [0.15, 0.2) is 11.5 Å². The average molecular weight is 511 g/mol. The van der Waals surface area contributed by atoms with E-state index in [0.29, 0.717) is 35.4 Å². The molecular weight excluding hydrogens is 480 g/mol. The summed E-state index contributed by atoms with van der Waals surface area (Å²) in [6.07, 6.45) is 7.19. The molecule has 0 atom stereocenters. The second-order valence-electron chi connectivity index (χ2n) is 9.53. The van der Waals surface area contributed by atoms with Crippen molar-refractivity contribution < 1.29 is 0 Å². The number of nitrogens with zero attached hydrogens (tertiary/aromatic N) is 8. The standard InChI is InChI=1S/C27H30N10O/c1-4-14-36-26(38)21-17-29-27(31-19-8-9-22-18(15-19)16-30-35(22)3)33-25(21)37(36)24-7-5-6-23(32-24)34(2)20-10-12-28-13-11-20/h4-9,15-17,20,28H,1,10-14H2,2-3H3,(H,29,31,33). The number of benzene rings is 1. The van der Waals surface area contributed by atoms with Crippen LogP contribution in [0.2, 0.25) is 0 Å². The highest BCUT2D eigenvalue weighted by molar-refractivity contribution is 5.83. The molecule has 0 saturated carbocycles. The summed E-state index contributed by atoms with van der Waals surface area (Å²) in [6, 6.07) is 12.2. The van der Waals surface area contributed by atoms with Crippen molar-refractivity contribution in [1.29, 1.82) is 0 Å². The van der Waals surface area contributed by atoms with Gasteiger partial charge in [-0.05, 0) is 56.3 Å². The maximum Gasteiger partial charge on any atom is 0.278 e. The van der Waals surface area contributed by atoms with Crippen LogP contribution in [0.1, 0.15) is 12.8 Å². The lowest BCUT2D eigenvalue weighted by Gasteiger charge is -2.32. The number of hydrogen-bond donors (Lipinski definition) is 2. The predicted octanol–water partition coefficient (Wildman–Crippen LogP) is 2.98. The molecular formula is C27H30N10O. The Kier molecular flexibility index (Phi) is 6.12. The molecule has 5 aromatic rings. The summed E-state index contributed by atoms with van der Waals surface area (Å²) in [5, 5.41) is 12.4. The van der Waals surface area contributed by atoms with Crippen LogP contribution < -0.4 is 21.1 Å². The van der Waals surface area contributed by atoms with Gasteiger partial charge in [0.25, 0.3) is 5.56 Å². The van der Waals surface area contributed by atoms with E-state index in [0.717, 1.165) is 48.3 Å². The smallest absolute Gasteiger partial charge is 0.278 e. The van der Waals surface area contributed by atoms with Crippen LogP contribution in [0.5, 0.6) is 0 Å². The first kappa shape index (κ1) is 23.9. The van der Waals surface area contributed by atoms with Crippen molar-refractivity contribution in [3.05, 3.63) is 71.8 Å². The zero-order valence-electron chi connectivity index (χ0n) is 21.5. The monoisotopic (exact) mass is 510 g/mol. The molecule has 1 aromatic carbocycles. The fraction of sp³-hybridized carbons (Fsp3) is 0.296. The topological polar surface area (TPSA) is 111 Å². The Hall–Kier alpha value is -4.51. The average Bonchev–Trinajstić information content (AvgIpc) is 3.45. The summed E-state index contributed by atoms with van der Waals surface area (Å²) in [6.45, 7) is 6.15. The molecule has 5 heterocycles. The molecule has 1 aliphatic heterocycles. The molecule has 4 aromatic heterocycles. The van der Waals surface area contributed by atoms with Crippen molar-refractivity contribution in [1.82, 2.24) is 39.4 Å². The molecule has 0 aliphatic carbocycles. The predicted molar refractivity (Wildman–Crippen MR) is 149 cm³/mol. The highest BCUT2D eigenvalue weighted by atomic mass is 16.1. The quantitative estimate of drug-likeness (QED) is 0.322. The minimum atomic E-state index is -0.192. The van der Waals surface area contributed by atoms with Gasteiger partial charge in [-0.2, -0.15) is 10.1 Å². The molecule has 0 bridgehead atoms. The molecule has 11 nitrogen and oxygen atoms in total. The number of anilines is 3. The zero-order chi connectivity index (χ0) is 26.2. The summed E-state index contributed by atoms with van der Waals surface area (Å²) >= 11 is 0. The van der Waals surface area contributed by atoms with E-state index >= 15 is 0 Å². The Bertz CT molecular complexity index is 1690. The second-order valence-corrected chi connectivity index (χ2v) is 9.53. The van der Waals surface area contributed by atoms with Crippen LogP contribution >= 0.6 is 0 Å². The fourth-order valence-electron chi connectivity index (χ4n) is 5.09. The number of aromatic nitrogens is 7. The number of allylic oxidation sites excluding steroid dienone is 1. The van der Waals surface area contributed by atoms with Crippen molar-refractivity contribution >= 4 is 39.4 Å². The van der Waals surface area contributed by atoms with E-state index in [1.807, 2.05) is 54.3 Å². The molecule has 0 amide bonds. The number of pyridine rings is 1. The SMILES string of the molecule is C=CCn1c(=O)c2cnc(Nc3ccc4c(cnn4C)c3)nc2n1-c1cccc(N(C)C2CCNCC2)n1. The Balaban J connectivity index is 1.42. The highest BCUT2D eigenvalue weighted by Crippen LogP contribution is 2.24. The minimum Gasteiger partial charge on any atom is -0.357 e. The second kappa shape index (κ2) is 9.75. The van der Waals surface area contributed by atoms with Gasteiger partial charge in [0.1, 0.15) is 11.2 Å². The van der Waals surface area contributed by atoms with E-state index in [-0.39, 0.29) is 5.56 Å². The molecule has 1 aliphatic rings. The van der Waals surface area contributed by atoms with E-state index in [4.69, 9.17) is 9.97 Å². The van der Waals surface area contributed by atoms with Gasteiger partial charge >= 0.3 is 0 Å². The molecule has 0 radical (unpaired) electrons. The number of hydrogen-bond acceptors (Lipinski definition) is 8. The van der Waals surface area contributed by atoms with Crippen LogP contribution in [0.3, 0.4) is 0 Å². The lowest BCUT2D eigenvalue weighted by molar-refractivity contribution is 0.441. The third kappa shape index (κ3) is 4.20. The van der Waals surface area contributed by atoms with Crippen LogP contribution in [-0.2, 0) is 13.6 Å². The third-order valence-electron chi connectivity index (χ3n) is 7.13. The van der Waals surface area contributed by atoms with Crippen molar-refractivity contribution in [2.24, 2.45) is 7.05 Å². The number of fused-ring (bicyclic) bond motifs is 2. The third-order valence-corrected chi connectivity index (χ3v) is 7.13. The van der Waals surface area contributed by atoms with Crippen molar-refractivity contribution in [3.63, 3.8) is 0 Å². The number of rotatable bonds is 7. The van der Waals surface area contributed by atoms with E-state index in [1.54, 1.807) is 21.6 Å². The first-order valence-corrected chi connectivity index (χ1v) is 12.7. The highest BCUT2D eigenvalue weighted by Gasteiger charge is 2.21. The molecule has 38 heavy (non-hydrogen) atoms. The zero-order valence-corrected chi connectivity index (χ0v) is 21.5. The van der Waals surface area contributed by atoms with Crippen molar-refractivity contribution in [2.75, 3.05) is 30.4 Å². The fourth-order valence-corrected chi connectivity index (χ4v) is 5.09. The number of aryl methyl sites for hydroxylation is 1. The van der Waals surface area contributed by atoms with Crippen molar-refractivity contribution in [2.45, 2.75) is 25.4 Å². The minimum absolute atomic E-state index is 0.192. The first-order chi connectivity index (χ1) is 18.5. The molecule has 0 spiro atoms. The molecule has 2 N–H and O–H groups in total. The lowest BCUT2D eigenvalue weighted by atomic mass is 10.1. The van der Waals surface area contributed by atoms with Crippen LogP contribution in [0, 0.1) is 0 Å². The van der Waals surface area contributed by atoms with Gasteiger partial charge in [-0.1, -0.05) is 12.1 Å². The summed E-state index contributed by atoms with van der Waals surface area (Å²) in [7, 11) is 3.99. The lowest BCUT2D eigenvalue weighted by Crippen LogP contribution is -2.41. The molecule has 1 saturated heterocycles. The maximum absolute atomic E-state index is 13.3. The normalized spacial score (nSPS) is 14.3. The summed E-state index contributed by atoms with van der Waals surface area (Å²) in [5.74, 6) is 1.85. The van der Waals surface area contributed by atoms with Crippen LogP contribution in [0.4, 0.5) is 17.5 Å². The largest absolute Gasteiger partial charge is 0.357 e. The van der Waals surface area contributed by atoms with Gasteiger partial charge in [-0.3, -0.25) is 9.48 Å². The molecule has 6 rings (SSSR count). The Morgan fingerprint density at radius 1 is 1.18 bits per heavy atom. The van der Waals surface area contributed by atoms with Crippen molar-refractivity contribution in [3.8, 4) is 5.82 Å². The van der Waals surface area contributed by atoms with Crippen LogP contribution in [-0.4, -0.2) is 60.3 Å². The summed E-state index contributed by atoms with van der Waals surface area (Å²) in [5.41, 5.74) is 2.14. The molecule has 1 fully saturated rings. The van der Waals surface area contributed by atoms with Gasteiger partial charge in [-0.25, -0.2) is 19.3 Å². The van der Waals surface area contributed by atoms with Crippen LogP contribution in [0.25, 0.3) is 27.8 Å². The van der Waals surface area contributed by atoms with Crippen LogP contribution in [0.15, 0.2) is 66.2 Å². The van der Waals surface area contributed by atoms with E-state index in [1.165, 1.54) is 0 Å². The Morgan fingerprint density at radius 3 is 2.84 bits per heavy atom. The van der Waals surface area contributed by atoms with Gasteiger partial charge < -0.3 is 15.5 Å². The Labute approximate surface area is 219 Å². The summed E-state index contributed by atoms with van der Waals surface area (Å²) in [4.78, 5) is 29.7. The van der Waals surface area contributed by atoms with Gasteiger partial charge in [-0.15, -0.1) is 6.58 Å². The van der Waals surface area contributed by atoms with Gasteiger partial charge in [0, 0.05) is 37.4 Å². The molecule has 11 heteroatoms. The van der Waals surface area contributed by atoms with E-state index in [9.17, 15) is 4.79 Å². The maximum atomic E-state index is 13.3. The number of piperidine rings is 1. The number of nitrogens with one attached hydrogen (secondary N) is 2. The molecule has 194 valence electrons. The Morgan fingerprint density at radius 2 is 2.03 bits per heavy atom. The van der Waals surface area contributed by atoms with Gasteiger partial charge in [0.2, 0.25) is 5.95 Å². The summed E-state index contributed by atoms with van der Waals surface area (Å²) < 4.78 is 5.18. The molecule has 0 unspecified atom stereocenters.